The third-order valence-corrected chi connectivity index (χ3v) is 3.80. The molecule has 0 radical (unpaired) electrons. The largest absolute Gasteiger partial charge is 0.307 e. The first-order valence-corrected chi connectivity index (χ1v) is 7.78. The van der Waals surface area contributed by atoms with Gasteiger partial charge in [0.05, 0.1) is 11.6 Å². The van der Waals surface area contributed by atoms with Gasteiger partial charge in [0.1, 0.15) is 5.82 Å². The molecule has 2 heterocycles. The molecule has 0 aliphatic heterocycles. The van der Waals surface area contributed by atoms with Crippen LogP contribution in [0.15, 0.2) is 54.9 Å². The molecule has 122 valence electrons. The molecule has 0 aliphatic carbocycles. The number of pyridine rings is 2. The number of nitrogens with one attached hydrogen (secondary N) is 1. The molecule has 5 nitrogen and oxygen atoms in total. The lowest BCUT2D eigenvalue weighted by Crippen LogP contribution is -2.13. The summed E-state index contributed by atoms with van der Waals surface area (Å²) in [5.41, 5.74) is 4.34. The number of rotatable bonds is 3. The number of benzene rings is 1. The molecule has 3 aromatic rings. The average molecular weight is 328 g/mol. The fraction of sp³-hybridized carbons (Fsp3) is 0.100. The fourth-order valence-electron chi connectivity index (χ4n) is 2.55. The van der Waals surface area contributed by atoms with Crippen molar-refractivity contribution in [2.45, 2.75) is 13.8 Å². The van der Waals surface area contributed by atoms with Gasteiger partial charge < -0.3 is 5.32 Å². The van der Waals surface area contributed by atoms with Gasteiger partial charge in [-0.3, -0.25) is 9.78 Å². The van der Waals surface area contributed by atoms with Gasteiger partial charge in [0, 0.05) is 29.2 Å². The lowest BCUT2D eigenvalue weighted by molar-refractivity contribution is 0.102. The zero-order valence-corrected chi connectivity index (χ0v) is 13.9. The number of anilines is 1. The predicted octanol–water partition coefficient (Wildman–Crippen LogP) is 3.88. The van der Waals surface area contributed by atoms with Crippen LogP contribution in [0.25, 0.3) is 11.1 Å². The second-order valence-corrected chi connectivity index (χ2v) is 5.72. The molecule has 1 amide bonds. The number of aromatic nitrogens is 2. The summed E-state index contributed by atoms with van der Waals surface area (Å²) in [6.45, 7) is 3.82. The molecular formula is C20H16N4O. The molecule has 0 atom stereocenters. The highest BCUT2D eigenvalue weighted by Gasteiger charge is 2.12. The Bertz CT molecular complexity index is 989. The zero-order valence-electron chi connectivity index (χ0n) is 13.9. The Hall–Kier alpha value is -3.52. The standard InChI is InChI=1S/C20H16N4O/c1-13-6-7-22-12-18(13)16-8-15(11-21)9-17(10-16)20(25)24-19-5-3-4-14(2)23-19/h3-10,12H,1-2H3,(H,23,24,25). The summed E-state index contributed by atoms with van der Waals surface area (Å²) in [6.07, 6.45) is 3.44. The summed E-state index contributed by atoms with van der Waals surface area (Å²) in [5.74, 6) is 0.171. The Balaban J connectivity index is 1.99. The van der Waals surface area contributed by atoms with E-state index in [2.05, 4.69) is 21.4 Å². The molecule has 0 fully saturated rings. The van der Waals surface area contributed by atoms with Gasteiger partial charge in [-0.05, 0) is 61.4 Å². The molecule has 2 aromatic heterocycles. The molecule has 0 unspecified atom stereocenters. The molecule has 0 saturated carbocycles. The van der Waals surface area contributed by atoms with Gasteiger partial charge in [0.2, 0.25) is 0 Å². The van der Waals surface area contributed by atoms with Crippen molar-refractivity contribution in [1.82, 2.24) is 9.97 Å². The number of carbonyl (C=O) groups excluding carboxylic acids is 1. The minimum absolute atomic E-state index is 0.307. The molecule has 3 rings (SSSR count). The number of nitrogens with zero attached hydrogens (tertiary/aromatic N) is 3. The number of nitriles is 1. The lowest BCUT2D eigenvalue weighted by atomic mass is 9.98. The first-order valence-electron chi connectivity index (χ1n) is 7.78. The van der Waals surface area contributed by atoms with E-state index in [4.69, 9.17) is 0 Å². The summed E-state index contributed by atoms with van der Waals surface area (Å²) in [6, 6.07) is 14.5. The number of aryl methyl sites for hydroxylation is 2. The van der Waals surface area contributed by atoms with Crippen molar-refractivity contribution in [1.29, 1.82) is 5.26 Å². The minimum atomic E-state index is -0.307. The van der Waals surface area contributed by atoms with E-state index in [1.165, 1.54) is 0 Å². The van der Waals surface area contributed by atoms with Crippen LogP contribution in [0.4, 0.5) is 5.82 Å². The quantitative estimate of drug-likeness (QED) is 0.791. The number of amides is 1. The van der Waals surface area contributed by atoms with Crippen LogP contribution in [0.2, 0.25) is 0 Å². The van der Waals surface area contributed by atoms with Gasteiger partial charge >= 0.3 is 0 Å². The lowest BCUT2D eigenvalue weighted by Gasteiger charge is -2.09. The first kappa shape index (κ1) is 16.3. The van der Waals surface area contributed by atoms with Gasteiger partial charge in [-0.25, -0.2) is 4.98 Å². The summed E-state index contributed by atoms with van der Waals surface area (Å²) in [5, 5.41) is 12.1. The normalized spacial score (nSPS) is 10.1. The van der Waals surface area contributed by atoms with Crippen LogP contribution in [0, 0.1) is 25.2 Å². The second kappa shape index (κ2) is 6.93. The van der Waals surface area contributed by atoms with Crippen molar-refractivity contribution in [3.05, 3.63) is 77.2 Å². The summed E-state index contributed by atoms with van der Waals surface area (Å²) >= 11 is 0. The SMILES string of the molecule is Cc1cccc(NC(=O)c2cc(C#N)cc(-c3cnccc3C)c2)n1. The average Bonchev–Trinajstić information content (AvgIpc) is 2.61. The van der Waals surface area contributed by atoms with Crippen LogP contribution in [-0.4, -0.2) is 15.9 Å². The zero-order chi connectivity index (χ0) is 17.8. The molecule has 25 heavy (non-hydrogen) atoms. The highest BCUT2D eigenvalue weighted by Crippen LogP contribution is 2.25. The van der Waals surface area contributed by atoms with Gasteiger partial charge in [0.15, 0.2) is 0 Å². The van der Waals surface area contributed by atoms with E-state index in [1.54, 1.807) is 36.7 Å². The van der Waals surface area contributed by atoms with Crippen LogP contribution < -0.4 is 5.32 Å². The van der Waals surface area contributed by atoms with Crippen molar-refractivity contribution >= 4 is 11.7 Å². The Morgan fingerprint density at radius 3 is 2.72 bits per heavy atom. The van der Waals surface area contributed by atoms with E-state index in [0.717, 1.165) is 22.4 Å². The molecule has 0 saturated heterocycles. The Morgan fingerprint density at radius 2 is 2.00 bits per heavy atom. The topological polar surface area (TPSA) is 78.7 Å². The van der Waals surface area contributed by atoms with Gasteiger partial charge in [-0.2, -0.15) is 5.26 Å². The van der Waals surface area contributed by atoms with Crippen molar-refractivity contribution in [3.63, 3.8) is 0 Å². The molecule has 5 heteroatoms. The first-order chi connectivity index (χ1) is 12.1. The third-order valence-electron chi connectivity index (χ3n) is 3.80. The molecule has 0 aliphatic rings. The maximum atomic E-state index is 12.6. The van der Waals surface area contributed by atoms with Crippen LogP contribution >= 0.6 is 0 Å². The van der Waals surface area contributed by atoms with Crippen LogP contribution in [0.3, 0.4) is 0 Å². The summed E-state index contributed by atoms with van der Waals surface area (Å²) in [4.78, 5) is 21.0. The number of hydrogen-bond donors (Lipinski definition) is 1. The number of carbonyl (C=O) groups is 1. The van der Waals surface area contributed by atoms with E-state index >= 15 is 0 Å². The van der Waals surface area contributed by atoms with Crippen molar-refractivity contribution in [2.24, 2.45) is 0 Å². The third kappa shape index (κ3) is 3.70. The molecule has 1 N–H and O–H groups in total. The van der Waals surface area contributed by atoms with Crippen molar-refractivity contribution in [2.75, 3.05) is 5.32 Å². The smallest absolute Gasteiger partial charge is 0.256 e. The molecule has 1 aromatic carbocycles. The Morgan fingerprint density at radius 1 is 1.16 bits per heavy atom. The Kier molecular flexibility index (Phi) is 4.53. The van der Waals surface area contributed by atoms with Gasteiger partial charge in [0.25, 0.3) is 5.91 Å². The summed E-state index contributed by atoms with van der Waals surface area (Å²) in [7, 11) is 0. The van der Waals surface area contributed by atoms with E-state index in [1.807, 2.05) is 32.0 Å². The highest BCUT2D eigenvalue weighted by atomic mass is 16.1. The van der Waals surface area contributed by atoms with Gasteiger partial charge in [-0.1, -0.05) is 6.07 Å². The Labute approximate surface area is 146 Å². The van der Waals surface area contributed by atoms with Crippen molar-refractivity contribution < 1.29 is 4.79 Å². The van der Waals surface area contributed by atoms with Crippen molar-refractivity contribution in [3.8, 4) is 17.2 Å². The van der Waals surface area contributed by atoms with E-state index in [-0.39, 0.29) is 5.91 Å². The van der Waals surface area contributed by atoms with Crippen LogP contribution in [0.1, 0.15) is 27.2 Å². The maximum Gasteiger partial charge on any atom is 0.256 e. The fourth-order valence-corrected chi connectivity index (χ4v) is 2.55. The van der Waals surface area contributed by atoms with Crippen LogP contribution in [0.5, 0.6) is 0 Å². The second-order valence-electron chi connectivity index (χ2n) is 5.72. The summed E-state index contributed by atoms with van der Waals surface area (Å²) < 4.78 is 0. The number of hydrogen-bond acceptors (Lipinski definition) is 4. The highest BCUT2D eigenvalue weighted by molar-refractivity contribution is 6.04. The van der Waals surface area contributed by atoms with Gasteiger partial charge in [-0.15, -0.1) is 0 Å². The molecule has 0 spiro atoms. The van der Waals surface area contributed by atoms with E-state index in [0.29, 0.717) is 16.9 Å². The molecular weight excluding hydrogens is 312 g/mol. The minimum Gasteiger partial charge on any atom is -0.307 e. The van der Waals surface area contributed by atoms with Crippen LogP contribution in [-0.2, 0) is 0 Å². The van der Waals surface area contributed by atoms with E-state index < -0.39 is 0 Å². The monoisotopic (exact) mass is 328 g/mol. The van der Waals surface area contributed by atoms with E-state index in [9.17, 15) is 10.1 Å². The predicted molar refractivity (Wildman–Crippen MR) is 96.1 cm³/mol. The maximum absolute atomic E-state index is 12.6. The molecule has 0 bridgehead atoms.